The van der Waals surface area contributed by atoms with Gasteiger partial charge >= 0.3 is 8.60 Å². The first-order valence-corrected chi connectivity index (χ1v) is 7.32. The predicted octanol–water partition coefficient (Wildman–Crippen LogP) is 3.84. The van der Waals surface area contributed by atoms with E-state index in [1.165, 1.54) is 0 Å². The molecule has 4 nitrogen and oxygen atoms in total. The second-order valence-electron chi connectivity index (χ2n) is 2.91. The van der Waals surface area contributed by atoms with Crippen LogP contribution < -0.4 is 4.52 Å². The van der Waals surface area contributed by atoms with E-state index in [1.54, 1.807) is 12.1 Å². The molecule has 0 bridgehead atoms. The van der Waals surface area contributed by atoms with E-state index in [0.29, 0.717) is 24.5 Å². The summed E-state index contributed by atoms with van der Waals surface area (Å²) >= 11 is 2.15. The van der Waals surface area contributed by atoms with Crippen molar-refractivity contribution in [3.63, 3.8) is 0 Å². The highest BCUT2D eigenvalue weighted by molar-refractivity contribution is 14.1. The van der Waals surface area contributed by atoms with E-state index in [9.17, 15) is 0 Å². The highest BCUT2D eigenvalue weighted by Gasteiger charge is 2.15. The molecule has 0 fully saturated rings. The van der Waals surface area contributed by atoms with Gasteiger partial charge in [0.25, 0.3) is 0 Å². The summed E-state index contributed by atoms with van der Waals surface area (Å²) in [7, 11) is -1.38. The monoisotopic (exact) mass is 365 g/mol. The van der Waals surface area contributed by atoms with Gasteiger partial charge in [0.2, 0.25) is 0 Å². The number of hydrogen-bond donors (Lipinski definition) is 0. The van der Waals surface area contributed by atoms with Gasteiger partial charge in [-0.25, -0.2) is 0 Å². The van der Waals surface area contributed by atoms with Gasteiger partial charge in [0.05, 0.1) is 28.4 Å². The molecule has 0 aliphatic heterocycles. The van der Waals surface area contributed by atoms with Crippen molar-refractivity contribution in [2.45, 2.75) is 13.8 Å². The van der Waals surface area contributed by atoms with Crippen molar-refractivity contribution in [3.05, 3.63) is 27.3 Å². The lowest BCUT2D eigenvalue weighted by molar-refractivity contribution is 0.221. The van der Waals surface area contributed by atoms with E-state index >= 15 is 0 Å². The molecular weight excluding hydrogens is 352 g/mol. The molecule has 0 amide bonds. The molecule has 0 aliphatic carbocycles. The molecule has 0 unspecified atom stereocenters. The van der Waals surface area contributed by atoms with Crippen LogP contribution in [0.1, 0.15) is 19.4 Å². The minimum absolute atomic E-state index is 0.528. The van der Waals surface area contributed by atoms with Crippen molar-refractivity contribution in [2.24, 2.45) is 0 Å². The molecule has 1 rings (SSSR count). The molecule has 0 saturated carbocycles. The smallest absolute Gasteiger partial charge is 0.397 e. The average Bonchev–Trinajstić information content (AvgIpc) is 2.32. The highest BCUT2D eigenvalue weighted by Crippen LogP contribution is 2.41. The topological polar surface area (TPSA) is 51.5 Å². The Balaban J connectivity index is 2.80. The predicted molar refractivity (Wildman–Crippen MR) is 74.7 cm³/mol. The largest absolute Gasteiger partial charge is 0.426 e. The Morgan fingerprint density at radius 1 is 1.29 bits per heavy atom. The van der Waals surface area contributed by atoms with Gasteiger partial charge in [-0.3, -0.25) is 0 Å². The number of benzene rings is 1. The first kappa shape index (κ1) is 14.7. The summed E-state index contributed by atoms with van der Waals surface area (Å²) in [5, 5.41) is 8.83. The van der Waals surface area contributed by atoms with E-state index in [2.05, 4.69) is 28.7 Å². The maximum atomic E-state index is 8.83. The zero-order valence-electron chi connectivity index (χ0n) is 9.64. The number of nitriles is 1. The van der Waals surface area contributed by atoms with Gasteiger partial charge in [-0.1, -0.05) is 0 Å². The Morgan fingerprint density at radius 2 is 1.94 bits per heavy atom. The van der Waals surface area contributed by atoms with Gasteiger partial charge in [-0.05, 0) is 54.6 Å². The molecular formula is C11H13INO3P. The van der Waals surface area contributed by atoms with Crippen LogP contribution in [0.3, 0.4) is 0 Å². The summed E-state index contributed by atoms with van der Waals surface area (Å²) < 4.78 is 17.3. The average molecular weight is 365 g/mol. The Hall–Kier alpha value is -0.410. The Labute approximate surface area is 116 Å². The Morgan fingerprint density at radius 3 is 2.47 bits per heavy atom. The van der Waals surface area contributed by atoms with E-state index in [-0.39, 0.29) is 0 Å². The van der Waals surface area contributed by atoms with Crippen molar-refractivity contribution in [2.75, 3.05) is 13.2 Å². The van der Waals surface area contributed by atoms with Crippen LogP contribution in [0.15, 0.2) is 18.2 Å². The summed E-state index contributed by atoms with van der Waals surface area (Å²) in [5.41, 5.74) is 0.559. The van der Waals surface area contributed by atoms with E-state index in [4.69, 9.17) is 18.8 Å². The van der Waals surface area contributed by atoms with Gasteiger partial charge in [0.1, 0.15) is 5.75 Å². The Bertz CT molecular complexity index is 402. The van der Waals surface area contributed by atoms with Crippen LogP contribution in [-0.4, -0.2) is 13.2 Å². The summed E-state index contributed by atoms with van der Waals surface area (Å²) in [4.78, 5) is 0. The molecule has 1 aromatic rings. The Kier molecular flexibility index (Phi) is 6.75. The van der Waals surface area contributed by atoms with Gasteiger partial charge in [0.15, 0.2) is 0 Å². The van der Waals surface area contributed by atoms with Crippen LogP contribution in [0.2, 0.25) is 0 Å². The summed E-state index contributed by atoms with van der Waals surface area (Å²) in [6, 6.07) is 7.35. The number of halogens is 1. The van der Waals surface area contributed by atoms with E-state index in [1.807, 2.05) is 19.9 Å². The third kappa shape index (κ3) is 4.76. The molecule has 0 saturated heterocycles. The van der Waals surface area contributed by atoms with Crippen LogP contribution in [0.5, 0.6) is 5.75 Å². The zero-order valence-corrected chi connectivity index (χ0v) is 12.7. The number of rotatable bonds is 6. The normalized spacial score (nSPS) is 10.3. The maximum absolute atomic E-state index is 8.83. The minimum Gasteiger partial charge on any atom is -0.426 e. The van der Waals surface area contributed by atoms with Crippen molar-refractivity contribution in [1.29, 1.82) is 5.26 Å². The third-order valence-electron chi connectivity index (χ3n) is 1.70. The first-order chi connectivity index (χ1) is 8.21. The standard InChI is InChI=1S/C11H13INO3P/c1-3-14-17(15-4-2)16-11-7-9(8-13)5-6-10(11)12/h5-7H,3-4H2,1-2H3. The SMILES string of the molecule is CCOP(OCC)Oc1cc(C#N)ccc1I. The highest BCUT2D eigenvalue weighted by atomic mass is 127. The lowest BCUT2D eigenvalue weighted by Gasteiger charge is -2.16. The first-order valence-electron chi connectivity index (χ1n) is 5.14. The summed E-state index contributed by atoms with van der Waals surface area (Å²) in [6.07, 6.45) is 0. The quantitative estimate of drug-likeness (QED) is 0.568. The number of hydrogen-bond acceptors (Lipinski definition) is 4. The number of nitrogens with zero attached hydrogens (tertiary/aromatic N) is 1. The van der Waals surface area contributed by atoms with Crippen LogP contribution in [-0.2, 0) is 9.05 Å². The van der Waals surface area contributed by atoms with Crippen LogP contribution in [0, 0.1) is 14.9 Å². The van der Waals surface area contributed by atoms with Crippen LogP contribution in [0.4, 0.5) is 0 Å². The summed E-state index contributed by atoms with van der Waals surface area (Å²) in [5.74, 6) is 0.623. The fourth-order valence-corrected chi connectivity index (χ4v) is 2.56. The van der Waals surface area contributed by atoms with Crippen molar-refractivity contribution < 1.29 is 13.6 Å². The lowest BCUT2D eigenvalue weighted by atomic mass is 10.2. The molecule has 0 N–H and O–H groups in total. The third-order valence-corrected chi connectivity index (χ3v) is 3.88. The molecule has 0 radical (unpaired) electrons. The van der Waals surface area contributed by atoms with Crippen LogP contribution in [0.25, 0.3) is 0 Å². The van der Waals surface area contributed by atoms with Crippen molar-refractivity contribution >= 4 is 31.2 Å². The van der Waals surface area contributed by atoms with Crippen molar-refractivity contribution in [1.82, 2.24) is 0 Å². The molecule has 0 aliphatic rings. The van der Waals surface area contributed by atoms with Gasteiger partial charge < -0.3 is 13.6 Å². The van der Waals surface area contributed by atoms with Crippen molar-refractivity contribution in [3.8, 4) is 11.8 Å². The van der Waals surface area contributed by atoms with E-state index in [0.717, 1.165) is 3.57 Å². The molecule has 17 heavy (non-hydrogen) atoms. The molecule has 0 spiro atoms. The fraction of sp³-hybridized carbons (Fsp3) is 0.364. The molecule has 0 atom stereocenters. The second-order valence-corrected chi connectivity index (χ2v) is 5.22. The lowest BCUT2D eigenvalue weighted by Crippen LogP contribution is -1.98. The van der Waals surface area contributed by atoms with Gasteiger partial charge in [0, 0.05) is 0 Å². The zero-order chi connectivity index (χ0) is 12.7. The van der Waals surface area contributed by atoms with Crippen LogP contribution >= 0.6 is 31.2 Å². The fourth-order valence-electron chi connectivity index (χ4n) is 1.02. The van der Waals surface area contributed by atoms with Gasteiger partial charge in [-0.15, -0.1) is 0 Å². The maximum Gasteiger partial charge on any atom is 0.397 e. The van der Waals surface area contributed by atoms with Gasteiger partial charge in [-0.2, -0.15) is 5.26 Å². The molecule has 0 aromatic heterocycles. The summed E-state index contributed by atoms with van der Waals surface area (Å²) in [6.45, 7) is 4.82. The van der Waals surface area contributed by atoms with E-state index < -0.39 is 8.60 Å². The molecule has 0 heterocycles. The minimum atomic E-state index is -1.38. The molecule has 92 valence electrons. The molecule has 1 aromatic carbocycles. The second kappa shape index (κ2) is 7.83. The molecule has 6 heteroatoms.